The number of carbonyl (C=O) groups excluding carboxylic acids is 2. The van der Waals surface area contributed by atoms with Crippen molar-refractivity contribution in [2.45, 2.75) is 26.9 Å². The zero-order chi connectivity index (χ0) is 31.1. The average molecular weight is 614 g/mol. The number of fused-ring (bicyclic) bond motifs is 1. The number of benzene rings is 2. The number of thiocarbonyl (C=S) groups is 1. The molecule has 1 aliphatic heterocycles. The van der Waals surface area contributed by atoms with Gasteiger partial charge in [-0.3, -0.25) is 34.9 Å². The van der Waals surface area contributed by atoms with Crippen molar-refractivity contribution in [3.05, 3.63) is 99.0 Å². The zero-order valence-electron chi connectivity index (χ0n) is 24.1. The van der Waals surface area contributed by atoms with Crippen LogP contribution in [0.5, 0.6) is 5.75 Å². The molecule has 2 N–H and O–H groups in total. The summed E-state index contributed by atoms with van der Waals surface area (Å²) in [6, 6.07) is 12.2. The molecule has 0 radical (unpaired) electrons. The van der Waals surface area contributed by atoms with Gasteiger partial charge in [-0.15, -0.1) is 0 Å². The second kappa shape index (κ2) is 14.2. The summed E-state index contributed by atoms with van der Waals surface area (Å²) in [5.74, 6) is -2.89. The highest BCUT2D eigenvalue weighted by atomic mass is 32.1. The molecule has 0 unspecified atom stereocenters. The first kappa shape index (κ1) is 31.6. The van der Waals surface area contributed by atoms with Gasteiger partial charge in [-0.2, -0.15) is 0 Å². The molecule has 0 atom stereocenters. The third kappa shape index (κ3) is 7.73. The Morgan fingerprint density at radius 2 is 1.84 bits per heavy atom. The first-order chi connectivity index (χ1) is 20.6. The van der Waals surface area contributed by atoms with Crippen LogP contribution in [0.2, 0.25) is 0 Å². The van der Waals surface area contributed by atoms with Crippen LogP contribution in [-0.2, 0) is 17.8 Å². The van der Waals surface area contributed by atoms with Crippen LogP contribution in [0.3, 0.4) is 0 Å². The van der Waals surface area contributed by atoms with Gasteiger partial charge >= 0.3 is 0 Å². The van der Waals surface area contributed by atoms with Gasteiger partial charge in [0.2, 0.25) is 5.43 Å². The summed E-state index contributed by atoms with van der Waals surface area (Å²) in [4.78, 5) is 42.3. The molecule has 2 heterocycles. The van der Waals surface area contributed by atoms with Crippen molar-refractivity contribution < 1.29 is 27.8 Å². The Hall–Kier alpha value is -4.36. The van der Waals surface area contributed by atoms with E-state index in [0.29, 0.717) is 13.2 Å². The van der Waals surface area contributed by atoms with Crippen LogP contribution in [0.15, 0.2) is 59.5 Å². The van der Waals surface area contributed by atoms with Gasteiger partial charge < -0.3 is 14.4 Å². The van der Waals surface area contributed by atoms with Gasteiger partial charge in [0.1, 0.15) is 30.5 Å². The Morgan fingerprint density at radius 3 is 2.51 bits per heavy atom. The van der Waals surface area contributed by atoms with Gasteiger partial charge in [0.25, 0.3) is 11.8 Å². The molecule has 0 saturated carbocycles. The number of hydrogen-bond acceptors (Lipinski definition) is 7. The van der Waals surface area contributed by atoms with E-state index in [9.17, 15) is 23.2 Å². The predicted molar refractivity (Wildman–Crippen MR) is 160 cm³/mol. The topological polar surface area (TPSA) is 105 Å². The number of nitrogens with one attached hydrogen (secondary N) is 2. The van der Waals surface area contributed by atoms with Crippen LogP contribution in [0, 0.1) is 17.6 Å². The molecule has 1 aromatic heterocycles. The second-order valence-electron chi connectivity index (χ2n) is 10.4. The predicted octanol–water partition coefficient (Wildman–Crippen LogP) is 3.16. The van der Waals surface area contributed by atoms with Crippen molar-refractivity contribution in [1.29, 1.82) is 0 Å². The number of rotatable bonds is 11. The Bertz CT molecular complexity index is 1550. The third-order valence-corrected chi connectivity index (χ3v) is 6.81. The molecule has 0 spiro atoms. The number of methoxy groups -OCH3 is 1. The highest BCUT2D eigenvalue weighted by Crippen LogP contribution is 2.24. The minimum atomic E-state index is -0.842. The first-order valence-corrected chi connectivity index (χ1v) is 14.0. The van der Waals surface area contributed by atoms with Crippen LogP contribution in [-0.4, -0.2) is 59.9 Å². The molecule has 3 aromatic rings. The fraction of sp³-hybridized carbons (Fsp3) is 0.333. The highest BCUT2D eigenvalue weighted by molar-refractivity contribution is 7.80. The number of hydrazine groups is 1. The fourth-order valence-electron chi connectivity index (χ4n) is 4.52. The molecule has 10 nitrogen and oxygen atoms in total. The van der Waals surface area contributed by atoms with Crippen LogP contribution >= 0.6 is 12.2 Å². The van der Waals surface area contributed by atoms with Gasteiger partial charge in [-0.1, -0.05) is 62.5 Å². The quantitative estimate of drug-likeness (QED) is 0.251. The Labute approximate surface area is 253 Å². The summed E-state index contributed by atoms with van der Waals surface area (Å²) < 4.78 is 40.0. The lowest BCUT2D eigenvalue weighted by Crippen LogP contribution is -2.56. The van der Waals surface area contributed by atoms with E-state index in [1.807, 2.05) is 49.2 Å². The number of ether oxygens (including phenoxy) is 2. The monoisotopic (exact) mass is 613 g/mol. The van der Waals surface area contributed by atoms with E-state index in [-0.39, 0.29) is 59.7 Å². The number of halogens is 2. The number of pyridine rings is 1. The smallest absolute Gasteiger partial charge is 0.277 e. The van der Waals surface area contributed by atoms with E-state index < -0.39 is 28.9 Å². The van der Waals surface area contributed by atoms with Crippen molar-refractivity contribution in [1.82, 2.24) is 20.4 Å². The van der Waals surface area contributed by atoms with Gasteiger partial charge in [0.15, 0.2) is 11.4 Å². The van der Waals surface area contributed by atoms with E-state index in [0.717, 1.165) is 17.7 Å². The maximum absolute atomic E-state index is 14.1. The van der Waals surface area contributed by atoms with Crippen LogP contribution in [0.1, 0.15) is 45.8 Å². The fourth-order valence-corrected chi connectivity index (χ4v) is 4.73. The van der Waals surface area contributed by atoms with E-state index in [2.05, 4.69) is 10.9 Å². The minimum Gasteiger partial charge on any atom is -0.482 e. The standard InChI is InChI=1S/C30H33F2N5O5S/c1-19(2)15-36-18-35(11-12-41-3)30(40)26-28(42-17-20-7-5-4-6-8-20)27(38)23(16-37(26)36)29(39)34-33-25(43)13-21-9-10-22(31)14-24(21)32/h4-10,14,16,19H,11-13,15,17-18H2,1-3H3,(H,33,43)(H,34,39). The molecule has 2 aromatic carbocycles. The molecule has 228 valence electrons. The molecule has 43 heavy (non-hydrogen) atoms. The van der Waals surface area contributed by atoms with Gasteiger partial charge in [0.05, 0.1) is 11.6 Å². The molecule has 0 saturated heterocycles. The van der Waals surface area contributed by atoms with Crippen molar-refractivity contribution in [3.63, 3.8) is 0 Å². The van der Waals surface area contributed by atoms with Gasteiger partial charge in [0, 0.05) is 38.9 Å². The average Bonchev–Trinajstić information content (AvgIpc) is 2.97. The molecule has 4 rings (SSSR count). The molecule has 0 fully saturated rings. The summed E-state index contributed by atoms with van der Waals surface area (Å²) >= 11 is 5.21. The summed E-state index contributed by atoms with van der Waals surface area (Å²) in [5, 5.41) is 1.85. The summed E-state index contributed by atoms with van der Waals surface area (Å²) in [6.45, 7) is 5.27. The summed E-state index contributed by atoms with van der Waals surface area (Å²) in [6.07, 6.45) is 1.19. The minimum absolute atomic E-state index is 0.00394. The van der Waals surface area contributed by atoms with Gasteiger partial charge in [-0.05, 0) is 23.1 Å². The molecule has 1 aliphatic rings. The van der Waals surface area contributed by atoms with E-state index in [1.54, 1.807) is 4.90 Å². The molecule has 2 amide bonds. The molecular formula is C30H33F2N5O5S. The lowest BCUT2D eigenvalue weighted by molar-refractivity contribution is 0.0615. The molecule has 13 heteroatoms. The largest absolute Gasteiger partial charge is 0.482 e. The summed E-state index contributed by atoms with van der Waals surface area (Å²) in [5.41, 5.74) is 4.68. The van der Waals surface area contributed by atoms with Gasteiger partial charge in [-0.25, -0.2) is 8.78 Å². The van der Waals surface area contributed by atoms with Crippen molar-refractivity contribution in [3.8, 4) is 5.75 Å². The number of carbonyl (C=O) groups is 2. The first-order valence-electron chi connectivity index (χ1n) is 13.6. The maximum Gasteiger partial charge on any atom is 0.277 e. The highest BCUT2D eigenvalue weighted by Gasteiger charge is 2.35. The number of hydrogen-bond donors (Lipinski definition) is 2. The van der Waals surface area contributed by atoms with Crippen molar-refractivity contribution in [2.75, 3.05) is 38.5 Å². The van der Waals surface area contributed by atoms with Crippen molar-refractivity contribution >= 4 is 29.0 Å². The zero-order valence-corrected chi connectivity index (χ0v) is 24.9. The van der Waals surface area contributed by atoms with Crippen LogP contribution in [0.25, 0.3) is 0 Å². The number of amides is 2. The lowest BCUT2D eigenvalue weighted by atomic mass is 10.1. The third-order valence-electron chi connectivity index (χ3n) is 6.57. The molecule has 0 bridgehead atoms. The second-order valence-corrected chi connectivity index (χ2v) is 10.9. The Morgan fingerprint density at radius 1 is 1.09 bits per heavy atom. The SMILES string of the molecule is COCCN1CN(CC(C)C)n2cc(C(=O)NNC(=S)Cc3ccc(F)cc3F)c(=O)c(OCc3ccccc3)c2C1=O. The number of aromatic nitrogens is 1. The van der Waals surface area contributed by atoms with E-state index >= 15 is 0 Å². The van der Waals surface area contributed by atoms with Crippen molar-refractivity contribution in [2.24, 2.45) is 5.92 Å². The molecular weight excluding hydrogens is 580 g/mol. The molecule has 0 aliphatic carbocycles. The maximum atomic E-state index is 14.1. The van der Waals surface area contributed by atoms with E-state index in [1.165, 1.54) is 24.0 Å². The lowest BCUT2D eigenvalue weighted by Gasteiger charge is -2.40. The Balaban J connectivity index is 1.67. The van der Waals surface area contributed by atoms with E-state index in [4.69, 9.17) is 21.7 Å². The van der Waals surface area contributed by atoms with Crippen LogP contribution < -0.4 is 26.0 Å². The normalized spacial score (nSPS) is 12.7. The van der Waals surface area contributed by atoms with Crippen LogP contribution in [0.4, 0.5) is 8.78 Å². The number of nitrogens with zero attached hydrogens (tertiary/aromatic N) is 3. The Kier molecular flexibility index (Phi) is 10.4. The summed E-state index contributed by atoms with van der Waals surface area (Å²) in [7, 11) is 1.54.